The fourth-order valence-electron chi connectivity index (χ4n) is 5.04. The maximum Gasteiger partial charge on any atom is 0.337 e. The number of carbonyl (C=O) groups is 1. The molecule has 0 amide bonds. The molecule has 3 aromatic rings. The SMILES string of the molecule is CCCCCCC1CCc2c(n(Cc3cccc(F)c3)c3c(C(=O)O)cccc23)C1. The van der Waals surface area contributed by atoms with E-state index in [-0.39, 0.29) is 5.82 Å². The minimum absolute atomic E-state index is 0.259. The topological polar surface area (TPSA) is 42.2 Å². The lowest BCUT2D eigenvalue weighted by Crippen LogP contribution is -2.17. The van der Waals surface area contributed by atoms with Crippen LogP contribution < -0.4 is 0 Å². The average Bonchev–Trinajstić information content (AvgIpc) is 3.04. The number of carboxylic acid groups (broad SMARTS) is 1. The van der Waals surface area contributed by atoms with E-state index in [4.69, 9.17) is 0 Å². The number of para-hydroxylation sites is 1. The zero-order valence-electron chi connectivity index (χ0n) is 17.7. The smallest absolute Gasteiger partial charge is 0.337 e. The lowest BCUT2D eigenvalue weighted by molar-refractivity contribution is 0.0698. The van der Waals surface area contributed by atoms with Crippen molar-refractivity contribution in [3.63, 3.8) is 0 Å². The molecule has 4 heteroatoms. The van der Waals surface area contributed by atoms with Crippen molar-refractivity contribution in [3.05, 3.63) is 70.7 Å². The van der Waals surface area contributed by atoms with Crippen molar-refractivity contribution < 1.29 is 14.3 Å². The summed E-state index contributed by atoms with van der Waals surface area (Å²) in [6.07, 6.45) is 9.44. The van der Waals surface area contributed by atoms with E-state index in [2.05, 4.69) is 11.5 Å². The van der Waals surface area contributed by atoms with Gasteiger partial charge in [0, 0.05) is 17.6 Å². The van der Waals surface area contributed by atoms with Gasteiger partial charge in [-0.25, -0.2) is 9.18 Å². The largest absolute Gasteiger partial charge is 0.478 e. The van der Waals surface area contributed by atoms with E-state index in [0.29, 0.717) is 18.0 Å². The first-order valence-electron chi connectivity index (χ1n) is 11.2. The molecule has 1 aliphatic rings. The van der Waals surface area contributed by atoms with Crippen LogP contribution in [0.25, 0.3) is 10.9 Å². The van der Waals surface area contributed by atoms with Gasteiger partial charge in [-0.2, -0.15) is 0 Å². The van der Waals surface area contributed by atoms with Crippen LogP contribution in [0.5, 0.6) is 0 Å². The molecule has 0 saturated carbocycles. The van der Waals surface area contributed by atoms with Crippen molar-refractivity contribution >= 4 is 16.9 Å². The molecule has 1 unspecified atom stereocenters. The molecule has 4 rings (SSSR count). The Labute approximate surface area is 177 Å². The number of rotatable bonds is 8. The molecule has 1 aromatic heterocycles. The number of aromatic nitrogens is 1. The summed E-state index contributed by atoms with van der Waals surface area (Å²) in [5, 5.41) is 10.9. The van der Waals surface area contributed by atoms with Crippen LogP contribution in [-0.2, 0) is 19.4 Å². The van der Waals surface area contributed by atoms with Gasteiger partial charge in [0.25, 0.3) is 0 Å². The highest BCUT2D eigenvalue weighted by Crippen LogP contribution is 2.37. The predicted octanol–water partition coefficient (Wildman–Crippen LogP) is 6.60. The molecular weight excluding hydrogens is 377 g/mol. The van der Waals surface area contributed by atoms with Gasteiger partial charge in [-0.05, 0) is 54.5 Å². The highest BCUT2D eigenvalue weighted by atomic mass is 19.1. The molecule has 0 fully saturated rings. The van der Waals surface area contributed by atoms with E-state index >= 15 is 0 Å². The van der Waals surface area contributed by atoms with Crippen LogP contribution in [0.15, 0.2) is 42.5 Å². The summed E-state index contributed by atoms with van der Waals surface area (Å²) in [5.41, 5.74) is 4.51. The number of benzene rings is 2. The van der Waals surface area contributed by atoms with Crippen LogP contribution in [0.1, 0.15) is 72.6 Å². The summed E-state index contributed by atoms with van der Waals surface area (Å²) in [6, 6.07) is 12.2. The minimum Gasteiger partial charge on any atom is -0.478 e. The number of hydrogen-bond acceptors (Lipinski definition) is 1. The van der Waals surface area contributed by atoms with Crippen LogP contribution in [0, 0.1) is 11.7 Å². The molecule has 2 aromatic carbocycles. The Morgan fingerprint density at radius 1 is 1.17 bits per heavy atom. The molecular formula is C26H30FNO2. The van der Waals surface area contributed by atoms with Crippen molar-refractivity contribution in [2.24, 2.45) is 5.92 Å². The van der Waals surface area contributed by atoms with Gasteiger partial charge in [-0.1, -0.05) is 63.3 Å². The predicted molar refractivity (Wildman–Crippen MR) is 119 cm³/mol. The number of nitrogens with zero attached hydrogens (tertiary/aromatic N) is 1. The second kappa shape index (κ2) is 9.03. The second-order valence-electron chi connectivity index (χ2n) is 8.61. The van der Waals surface area contributed by atoms with E-state index in [1.165, 1.54) is 49.4 Å². The van der Waals surface area contributed by atoms with Gasteiger partial charge in [0.1, 0.15) is 5.82 Å². The molecule has 30 heavy (non-hydrogen) atoms. The Morgan fingerprint density at radius 3 is 2.77 bits per heavy atom. The second-order valence-corrected chi connectivity index (χ2v) is 8.61. The number of hydrogen-bond donors (Lipinski definition) is 1. The molecule has 158 valence electrons. The monoisotopic (exact) mass is 407 g/mol. The normalized spacial score (nSPS) is 16.0. The van der Waals surface area contributed by atoms with Crippen LogP contribution in [0.2, 0.25) is 0 Å². The zero-order valence-corrected chi connectivity index (χ0v) is 17.7. The number of fused-ring (bicyclic) bond motifs is 3. The van der Waals surface area contributed by atoms with E-state index in [9.17, 15) is 14.3 Å². The standard InChI is InChI=1S/C26H30FNO2/c1-2-3-4-5-8-18-13-14-21-22-11-7-12-23(26(29)30)25(22)28(24(21)16-18)17-19-9-6-10-20(27)15-19/h6-7,9-12,15,18H,2-5,8,13-14,16-17H2,1H3,(H,29,30). The van der Waals surface area contributed by atoms with Gasteiger partial charge in [-0.3, -0.25) is 0 Å². The Morgan fingerprint density at radius 2 is 2.00 bits per heavy atom. The quantitative estimate of drug-likeness (QED) is 0.427. The van der Waals surface area contributed by atoms with Gasteiger partial charge in [-0.15, -0.1) is 0 Å². The van der Waals surface area contributed by atoms with Crippen molar-refractivity contribution in [3.8, 4) is 0 Å². The highest BCUT2D eigenvalue weighted by Gasteiger charge is 2.27. The Balaban J connectivity index is 1.75. The maximum atomic E-state index is 13.8. The molecule has 1 N–H and O–H groups in total. The summed E-state index contributed by atoms with van der Waals surface area (Å²) >= 11 is 0. The Hall–Kier alpha value is -2.62. The van der Waals surface area contributed by atoms with E-state index in [1.807, 2.05) is 18.2 Å². The van der Waals surface area contributed by atoms with Crippen molar-refractivity contribution in [1.29, 1.82) is 0 Å². The van der Waals surface area contributed by atoms with Crippen LogP contribution in [0.4, 0.5) is 4.39 Å². The molecule has 0 aliphatic heterocycles. The van der Waals surface area contributed by atoms with Gasteiger partial charge < -0.3 is 9.67 Å². The molecule has 0 spiro atoms. The first-order valence-corrected chi connectivity index (χ1v) is 11.2. The third-order valence-electron chi connectivity index (χ3n) is 6.52. The number of halogens is 1. The summed E-state index contributed by atoms with van der Waals surface area (Å²) in [7, 11) is 0. The molecule has 0 radical (unpaired) electrons. The summed E-state index contributed by atoms with van der Waals surface area (Å²) in [4.78, 5) is 12.0. The van der Waals surface area contributed by atoms with E-state index in [1.54, 1.807) is 18.2 Å². The molecule has 0 bridgehead atoms. The lowest BCUT2D eigenvalue weighted by Gasteiger charge is -2.24. The summed E-state index contributed by atoms with van der Waals surface area (Å²) in [5.74, 6) is -0.532. The lowest BCUT2D eigenvalue weighted by atomic mass is 9.83. The van der Waals surface area contributed by atoms with Crippen molar-refractivity contribution in [1.82, 2.24) is 4.57 Å². The van der Waals surface area contributed by atoms with E-state index < -0.39 is 5.97 Å². The molecule has 3 nitrogen and oxygen atoms in total. The van der Waals surface area contributed by atoms with Gasteiger partial charge in [0.05, 0.1) is 11.1 Å². The third-order valence-corrected chi connectivity index (χ3v) is 6.52. The minimum atomic E-state index is -0.910. The van der Waals surface area contributed by atoms with Gasteiger partial charge in [0.15, 0.2) is 0 Å². The Kier molecular flexibility index (Phi) is 6.21. The number of aryl methyl sites for hydroxylation is 1. The molecule has 0 saturated heterocycles. The van der Waals surface area contributed by atoms with Gasteiger partial charge in [0.2, 0.25) is 0 Å². The van der Waals surface area contributed by atoms with Gasteiger partial charge >= 0.3 is 5.97 Å². The first-order chi connectivity index (χ1) is 14.6. The van der Waals surface area contributed by atoms with Crippen LogP contribution in [0.3, 0.4) is 0 Å². The Bertz CT molecular complexity index is 1050. The average molecular weight is 408 g/mol. The maximum absolute atomic E-state index is 13.8. The molecule has 1 heterocycles. The highest BCUT2D eigenvalue weighted by molar-refractivity contribution is 6.04. The first kappa shape index (κ1) is 20.6. The number of carboxylic acids is 1. The van der Waals surface area contributed by atoms with Crippen molar-refractivity contribution in [2.45, 2.75) is 64.8 Å². The van der Waals surface area contributed by atoms with Crippen LogP contribution in [-0.4, -0.2) is 15.6 Å². The zero-order chi connectivity index (χ0) is 21.1. The van der Waals surface area contributed by atoms with E-state index in [0.717, 1.165) is 35.7 Å². The number of aromatic carboxylic acids is 1. The fourth-order valence-corrected chi connectivity index (χ4v) is 5.04. The molecule has 1 atom stereocenters. The van der Waals surface area contributed by atoms with Crippen molar-refractivity contribution in [2.75, 3.05) is 0 Å². The molecule has 1 aliphatic carbocycles. The fraction of sp³-hybridized carbons (Fsp3) is 0.423. The summed E-state index contributed by atoms with van der Waals surface area (Å²) < 4.78 is 16.0. The third kappa shape index (κ3) is 4.14. The number of unbranched alkanes of at least 4 members (excludes halogenated alkanes) is 3. The van der Waals surface area contributed by atoms with Crippen LogP contribution >= 0.6 is 0 Å². The summed E-state index contributed by atoms with van der Waals surface area (Å²) in [6.45, 7) is 2.73.